The summed E-state index contributed by atoms with van der Waals surface area (Å²) >= 11 is 1.80. The molecule has 0 fully saturated rings. The third-order valence-corrected chi connectivity index (χ3v) is 6.37. The van der Waals surface area contributed by atoms with Crippen molar-refractivity contribution in [3.63, 3.8) is 0 Å². The standard InChI is InChI=1S/C20H25N5S/c1-2-5-14(21)17(22)18-16-13-6-3-4-7-15(13)26-20(16)25-19(24-18)12-8-10-23-11-9-12/h8-11,14,17H,2-7,21-22H2,1H3. The Bertz CT molecular complexity index is 905. The molecular weight excluding hydrogens is 342 g/mol. The van der Waals surface area contributed by atoms with E-state index in [0.717, 1.165) is 41.8 Å². The Morgan fingerprint density at radius 2 is 1.88 bits per heavy atom. The molecule has 0 bridgehead atoms. The molecule has 1 aliphatic rings. The predicted octanol–water partition coefficient (Wildman–Crippen LogP) is 3.76. The second-order valence-corrected chi connectivity index (χ2v) is 8.12. The minimum absolute atomic E-state index is 0.0949. The fourth-order valence-corrected chi connectivity index (χ4v) is 5.04. The van der Waals surface area contributed by atoms with Crippen LogP contribution in [0.15, 0.2) is 24.5 Å². The van der Waals surface area contributed by atoms with Crippen LogP contribution in [0.3, 0.4) is 0 Å². The second-order valence-electron chi connectivity index (χ2n) is 7.04. The highest BCUT2D eigenvalue weighted by atomic mass is 32.1. The fourth-order valence-electron chi connectivity index (χ4n) is 3.77. The maximum atomic E-state index is 6.61. The first kappa shape index (κ1) is 17.5. The second kappa shape index (κ2) is 7.39. The third kappa shape index (κ3) is 3.13. The van der Waals surface area contributed by atoms with Crippen molar-refractivity contribution in [3.05, 3.63) is 40.7 Å². The van der Waals surface area contributed by atoms with E-state index >= 15 is 0 Å². The Morgan fingerprint density at radius 1 is 1.12 bits per heavy atom. The molecule has 1 aliphatic carbocycles. The number of thiophene rings is 1. The van der Waals surface area contributed by atoms with E-state index in [9.17, 15) is 0 Å². The van der Waals surface area contributed by atoms with E-state index in [1.165, 1.54) is 28.7 Å². The normalized spacial score (nSPS) is 16.4. The Morgan fingerprint density at radius 3 is 2.65 bits per heavy atom. The van der Waals surface area contributed by atoms with Crippen molar-refractivity contribution in [1.82, 2.24) is 15.0 Å². The molecule has 0 saturated carbocycles. The lowest BCUT2D eigenvalue weighted by molar-refractivity contribution is 0.500. The number of hydrogen-bond donors (Lipinski definition) is 2. The van der Waals surface area contributed by atoms with Crippen molar-refractivity contribution in [3.8, 4) is 11.4 Å². The number of aromatic nitrogens is 3. The van der Waals surface area contributed by atoms with Crippen molar-refractivity contribution in [2.24, 2.45) is 11.5 Å². The van der Waals surface area contributed by atoms with Gasteiger partial charge in [-0.2, -0.15) is 0 Å². The van der Waals surface area contributed by atoms with E-state index in [-0.39, 0.29) is 12.1 Å². The average Bonchev–Trinajstić information content (AvgIpc) is 3.06. The molecule has 0 aromatic carbocycles. The Hall–Kier alpha value is -1.89. The first-order valence-corrected chi connectivity index (χ1v) is 10.2. The summed E-state index contributed by atoms with van der Waals surface area (Å²) in [5.41, 5.74) is 16.3. The molecule has 3 aromatic rings. The van der Waals surface area contributed by atoms with Gasteiger partial charge < -0.3 is 11.5 Å². The Balaban J connectivity index is 1.92. The zero-order valence-corrected chi connectivity index (χ0v) is 15.9. The maximum Gasteiger partial charge on any atom is 0.161 e. The maximum absolute atomic E-state index is 6.61. The van der Waals surface area contributed by atoms with E-state index in [2.05, 4.69) is 11.9 Å². The third-order valence-electron chi connectivity index (χ3n) is 5.18. The molecule has 0 aliphatic heterocycles. The number of nitrogens with zero attached hydrogens (tertiary/aromatic N) is 3. The zero-order chi connectivity index (χ0) is 18.1. The summed E-state index contributed by atoms with van der Waals surface area (Å²) < 4.78 is 0. The highest BCUT2D eigenvalue weighted by Crippen LogP contribution is 2.39. The van der Waals surface area contributed by atoms with Gasteiger partial charge in [-0.25, -0.2) is 9.97 Å². The number of fused-ring (bicyclic) bond motifs is 3. The molecule has 0 saturated heterocycles. The van der Waals surface area contributed by atoms with Gasteiger partial charge in [0.05, 0.1) is 11.7 Å². The summed E-state index contributed by atoms with van der Waals surface area (Å²) in [5.74, 6) is 0.715. The number of hydrogen-bond acceptors (Lipinski definition) is 6. The summed E-state index contributed by atoms with van der Waals surface area (Å²) in [7, 11) is 0. The van der Waals surface area contributed by atoms with Crippen molar-refractivity contribution in [2.45, 2.75) is 57.5 Å². The molecule has 5 nitrogen and oxygen atoms in total. The number of pyridine rings is 1. The van der Waals surface area contributed by atoms with E-state index in [1.807, 2.05) is 12.1 Å². The van der Waals surface area contributed by atoms with Gasteiger partial charge in [0.2, 0.25) is 0 Å². The Kier molecular flexibility index (Phi) is 4.98. The van der Waals surface area contributed by atoms with E-state index in [1.54, 1.807) is 23.7 Å². The van der Waals surface area contributed by atoms with Crippen LogP contribution in [0.2, 0.25) is 0 Å². The molecule has 136 valence electrons. The molecule has 0 amide bonds. The lowest BCUT2D eigenvalue weighted by Gasteiger charge is -2.21. The molecule has 3 heterocycles. The predicted molar refractivity (Wildman–Crippen MR) is 107 cm³/mol. The summed E-state index contributed by atoms with van der Waals surface area (Å²) in [6.45, 7) is 2.14. The van der Waals surface area contributed by atoms with Crippen LogP contribution in [0.25, 0.3) is 21.6 Å². The highest BCUT2D eigenvalue weighted by Gasteiger charge is 2.26. The van der Waals surface area contributed by atoms with Crippen LogP contribution in [-0.2, 0) is 12.8 Å². The van der Waals surface area contributed by atoms with Gasteiger partial charge in [-0.1, -0.05) is 13.3 Å². The summed E-state index contributed by atoms with van der Waals surface area (Å²) in [6.07, 6.45) is 10.1. The number of aryl methyl sites for hydroxylation is 2. The topological polar surface area (TPSA) is 90.7 Å². The monoisotopic (exact) mass is 367 g/mol. The average molecular weight is 368 g/mol. The number of rotatable bonds is 5. The zero-order valence-electron chi connectivity index (χ0n) is 15.1. The fraction of sp³-hybridized carbons (Fsp3) is 0.450. The summed E-state index contributed by atoms with van der Waals surface area (Å²) in [6, 6.07) is 3.51. The quantitative estimate of drug-likeness (QED) is 0.716. The van der Waals surface area contributed by atoms with Gasteiger partial charge in [0.25, 0.3) is 0 Å². The molecule has 26 heavy (non-hydrogen) atoms. The van der Waals surface area contributed by atoms with Crippen molar-refractivity contribution >= 4 is 21.6 Å². The smallest absolute Gasteiger partial charge is 0.161 e. The highest BCUT2D eigenvalue weighted by molar-refractivity contribution is 7.18. The molecule has 0 radical (unpaired) electrons. The summed E-state index contributed by atoms with van der Waals surface area (Å²) in [4.78, 5) is 16.4. The minimum atomic E-state index is -0.276. The van der Waals surface area contributed by atoms with Gasteiger partial charge >= 0.3 is 0 Å². The molecule has 2 atom stereocenters. The first-order chi connectivity index (χ1) is 12.7. The van der Waals surface area contributed by atoms with Gasteiger partial charge in [-0.15, -0.1) is 11.3 Å². The van der Waals surface area contributed by atoms with Crippen molar-refractivity contribution < 1.29 is 0 Å². The van der Waals surface area contributed by atoms with Crippen LogP contribution in [0.1, 0.15) is 54.8 Å². The SMILES string of the molecule is CCCC(N)C(N)c1nc(-c2ccncc2)nc2sc3c(c12)CCCC3. The molecular formula is C20H25N5S. The van der Waals surface area contributed by atoms with Crippen LogP contribution in [0.4, 0.5) is 0 Å². The molecule has 0 spiro atoms. The van der Waals surface area contributed by atoms with E-state index < -0.39 is 0 Å². The molecule has 3 aromatic heterocycles. The number of nitrogens with two attached hydrogens (primary N) is 2. The lowest BCUT2D eigenvalue weighted by Crippen LogP contribution is -2.34. The van der Waals surface area contributed by atoms with Crippen LogP contribution in [0, 0.1) is 0 Å². The van der Waals surface area contributed by atoms with Gasteiger partial charge in [-0.3, -0.25) is 4.98 Å². The summed E-state index contributed by atoms with van der Waals surface area (Å²) in [5, 5.41) is 1.17. The van der Waals surface area contributed by atoms with Crippen molar-refractivity contribution in [2.75, 3.05) is 0 Å². The molecule has 4 N–H and O–H groups in total. The van der Waals surface area contributed by atoms with Crippen LogP contribution in [0.5, 0.6) is 0 Å². The lowest BCUT2D eigenvalue weighted by atomic mass is 9.93. The molecule has 2 unspecified atom stereocenters. The molecule has 4 rings (SSSR count). The van der Waals surface area contributed by atoms with Gasteiger partial charge in [0.15, 0.2) is 5.82 Å². The van der Waals surface area contributed by atoms with Gasteiger partial charge in [-0.05, 0) is 49.8 Å². The van der Waals surface area contributed by atoms with Crippen LogP contribution >= 0.6 is 11.3 Å². The van der Waals surface area contributed by atoms with Crippen molar-refractivity contribution in [1.29, 1.82) is 0 Å². The van der Waals surface area contributed by atoms with E-state index in [0.29, 0.717) is 5.82 Å². The van der Waals surface area contributed by atoms with Crippen LogP contribution in [-0.4, -0.2) is 21.0 Å². The largest absolute Gasteiger partial charge is 0.326 e. The first-order valence-electron chi connectivity index (χ1n) is 9.42. The van der Waals surface area contributed by atoms with Gasteiger partial charge in [0.1, 0.15) is 4.83 Å². The van der Waals surface area contributed by atoms with Gasteiger partial charge in [0, 0.05) is 34.3 Å². The Labute approximate surface area is 157 Å². The molecule has 6 heteroatoms. The van der Waals surface area contributed by atoms with Crippen LogP contribution < -0.4 is 11.5 Å². The van der Waals surface area contributed by atoms with E-state index in [4.69, 9.17) is 21.4 Å². The minimum Gasteiger partial charge on any atom is -0.326 e.